The van der Waals surface area contributed by atoms with Crippen molar-refractivity contribution in [1.82, 2.24) is 4.90 Å². The van der Waals surface area contributed by atoms with Crippen LogP contribution < -0.4 is 5.73 Å². The molecule has 1 aromatic rings. The number of piperidine rings is 1. The summed E-state index contributed by atoms with van der Waals surface area (Å²) in [5, 5.41) is 9.91. The van der Waals surface area contributed by atoms with Gasteiger partial charge in [-0.25, -0.2) is 4.79 Å². The summed E-state index contributed by atoms with van der Waals surface area (Å²) in [6.45, 7) is 2.59. The van der Waals surface area contributed by atoms with Crippen molar-refractivity contribution < 1.29 is 14.6 Å². The van der Waals surface area contributed by atoms with Gasteiger partial charge in [-0.3, -0.25) is 4.90 Å². The second kappa shape index (κ2) is 6.54. The van der Waals surface area contributed by atoms with Crippen LogP contribution in [-0.2, 0) is 11.3 Å². The number of rotatable bonds is 4. The van der Waals surface area contributed by atoms with Crippen LogP contribution in [-0.4, -0.2) is 41.9 Å². The van der Waals surface area contributed by atoms with Crippen LogP contribution in [0.25, 0.3) is 0 Å². The molecule has 0 saturated carbocycles. The van der Waals surface area contributed by atoms with E-state index in [9.17, 15) is 9.90 Å². The largest absolute Gasteiger partial charge is 0.449 e. The highest BCUT2D eigenvalue weighted by molar-refractivity contribution is 5.64. The first-order valence-corrected chi connectivity index (χ1v) is 6.51. The van der Waals surface area contributed by atoms with Crippen LogP contribution >= 0.6 is 0 Å². The Morgan fingerprint density at radius 1 is 1.42 bits per heavy atom. The molecule has 0 unspecified atom stereocenters. The van der Waals surface area contributed by atoms with Gasteiger partial charge in [0.25, 0.3) is 0 Å². The maximum atomic E-state index is 10.6. The zero-order chi connectivity index (χ0) is 13.7. The van der Waals surface area contributed by atoms with E-state index in [1.807, 2.05) is 18.2 Å². The van der Waals surface area contributed by atoms with Crippen LogP contribution in [0.1, 0.15) is 12.0 Å². The van der Waals surface area contributed by atoms with Crippen LogP contribution in [0, 0.1) is 5.92 Å². The Bertz CT molecular complexity index is 410. The highest BCUT2D eigenvalue weighted by Crippen LogP contribution is 2.19. The minimum absolute atomic E-state index is 0.0648. The van der Waals surface area contributed by atoms with Crippen LogP contribution in [0.2, 0.25) is 0 Å². The number of amides is 1. The Hall–Kier alpha value is -1.59. The van der Waals surface area contributed by atoms with Crippen molar-refractivity contribution >= 4 is 6.09 Å². The number of nitrogens with zero attached hydrogens (tertiary/aromatic N) is 1. The fourth-order valence-corrected chi connectivity index (χ4v) is 2.43. The van der Waals surface area contributed by atoms with Gasteiger partial charge in [0.05, 0.1) is 12.7 Å². The number of primary amides is 1. The van der Waals surface area contributed by atoms with Gasteiger partial charge in [-0.1, -0.05) is 30.3 Å². The predicted octanol–water partition coefficient (Wildman–Crippen LogP) is 0.965. The lowest BCUT2D eigenvalue weighted by atomic mass is 9.95. The number of nitrogens with two attached hydrogens (primary N) is 1. The summed E-state index contributed by atoms with van der Waals surface area (Å²) in [7, 11) is 0. The van der Waals surface area contributed by atoms with E-state index >= 15 is 0 Å². The number of hydrogen-bond acceptors (Lipinski definition) is 4. The zero-order valence-electron chi connectivity index (χ0n) is 10.9. The maximum absolute atomic E-state index is 10.6. The molecular formula is C14H20N2O3. The fourth-order valence-electron chi connectivity index (χ4n) is 2.43. The third kappa shape index (κ3) is 4.22. The minimum atomic E-state index is -0.785. The molecule has 1 aromatic carbocycles. The fraction of sp³-hybridized carbons (Fsp3) is 0.500. The molecule has 1 aliphatic heterocycles. The average Bonchev–Trinajstić information content (AvgIpc) is 2.40. The first-order valence-electron chi connectivity index (χ1n) is 6.51. The second-order valence-corrected chi connectivity index (χ2v) is 4.97. The summed E-state index contributed by atoms with van der Waals surface area (Å²) in [5.74, 6) is -0.0648. The van der Waals surface area contributed by atoms with E-state index in [-0.39, 0.29) is 12.5 Å². The number of aliphatic hydroxyl groups excluding tert-OH is 1. The van der Waals surface area contributed by atoms with Gasteiger partial charge in [0.2, 0.25) is 0 Å². The standard InChI is InChI=1S/C14H20N2O3/c15-14(18)19-10-12-9-16(7-6-13(12)17)8-11-4-2-1-3-5-11/h1-5,12-13,17H,6-10H2,(H2,15,18)/t12-,13-/m0/s1. The molecule has 5 heteroatoms. The molecule has 2 rings (SSSR count). The van der Waals surface area contributed by atoms with Gasteiger partial charge in [-0.05, 0) is 12.0 Å². The Kier molecular flexibility index (Phi) is 4.76. The molecule has 0 bridgehead atoms. The van der Waals surface area contributed by atoms with Crippen molar-refractivity contribution in [3.05, 3.63) is 35.9 Å². The van der Waals surface area contributed by atoms with Crippen LogP contribution in [0.5, 0.6) is 0 Å². The number of carbonyl (C=O) groups excluding carboxylic acids is 1. The molecule has 5 nitrogen and oxygen atoms in total. The Balaban J connectivity index is 1.88. The monoisotopic (exact) mass is 264 g/mol. The lowest BCUT2D eigenvalue weighted by molar-refractivity contribution is -0.00559. The van der Waals surface area contributed by atoms with Crippen LogP contribution in [0.15, 0.2) is 30.3 Å². The molecule has 1 heterocycles. The number of likely N-dealkylation sites (tertiary alicyclic amines) is 1. The van der Waals surface area contributed by atoms with Crippen molar-refractivity contribution in [2.75, 3.05) is 19.7 Å². The summed E-state index contributed by atoms with van der Waals surface area (Å²) < 4.78 is 4.80. The van der Waals surface area contributed by atoms with E-state index in [0.717, 1.165) is 13.1 Å². The first kappa shape index (κ1) is 13.8. The highest BCUT2D eigenvalue weighted by atomic mass is 16.5. The van der Waals surface area contributed by atoms with Gasteiger partial charge >= 0.3 is 6.09 Å². The molecule has 0 aromatic heterocycles. The normalized spacial score (nSPS) is 24.1. The average molecular weight is 264 g/mol. The number of carbonyl (C=O) groups is 1. The van der Waals surface area contributed by atoms with Gasteiger partial charge in [0, 0.05) is 25.6 Å². The number of aliphatic hydroxyl groups is 1. The predicted molar refractivity (Wildman–Crippen MR) is 71.4 cm³/mol. The molecule has 0 radical (unpaired) electrons. The van der Waals surface area contributed by atoms with Gasteiger partial charge in [0.1, 0.15) is 0 Å². The summed E-state index contributed by atoms with van der Waals surface area (Å²) in [6, 6.07) is 10.2. The van der Waals surface area contributed by atoms with E-state index in [1.54, 1.807) is 0 Å². The van der Waals surface area contributed by atoms with E-state index < -0.39 is 12.2 Å². The SMILES string of the molecule is NC(=O)OC[C@@H]1CN(Cc2ccccc2)CC[C@@H]1O. The Morgan fingerprint density at radius 2 is 2.16 bits per heavy atom. The topological polar surface area (TPSA) is 75.8 Å². The molecule has 1 amide bonds. The molecule has 104 valence electrons. The Labute approximate surface area is 113 Å². The summed E-state index contributed by atoms with van der Waals surface area (Å²) in [5.41, 5.74) is 6.20. The lowest BCUT2D eigenvalue weighted by Crippen LogP contribution is -2.45. The third-order valence-electron chi connectivity index (χ3n) is 3.47. The van der Waals surface area contributed by atoms with Gasteiger partial charge in [-0.2, -0.15) is 0 Å². The van der Waals surface area contributed by atoms with E-state index in [4.69, 9.17) is 10.5 Å². The quantitative estimate of drug-likeness (QED) is 0.849. The summed E-state index contributed by atoms with van der Waals surface area (Å²) in [4.78, 5) is 12.9. The zero-order valence-corrected chi connectivity index (χ0v) is 10.9. The van der Waals surface area contributed by atoms with Crippen molar-refractivity contribution in [1.29, 1.82) is 0 Å². The maximum Gasteiger partial charge on any atom is 0.404 e. The summed E-state index contributed by atoms with van der Waals surface area (Å²) in [6.07, 6.45) is -0.515. The van der Waals surface area contributed by atoms with Crippen molar-refractivity contribution in [3.63, 3.8) is 0 Å². The molecule has 0 aliphatic carbocycles. The van der Waals surface area contributed by atoms with Gasteiger partial charge in [-0.15, -0.1) is 0 Å². The highest BCUT2D eigenvalue weighted by Gasteiger charge is 2.28. The molecule has 2 atom stereocenters. The first-order chi connectivity index (χ1) is 9.15. The van der Waals surface area contributed by atoms with E-state index in [2.05, 4.69) is 17.0 Å². The number of hydrogen-bond donors (Lipinski definition) is 2. The Morgan fingerprint density at radius 3 is 2.84 bits per heavy atom. The van der Waals surface area contributed by atoms with Gasteiger partial charge < -0.3 is 15.6 Å². The lowest BCUT2D eigenvalue weighted by Gasteiger charge is -2.35. The van der Waals surface area contributed by atoms with Crippen molar-refractivity contribution in [3.8, 4) is 0 Å². The minimum Gasteiger partial charge on any atom is -0.449 e. The molecule has 1 saturated heterocycles. The van der Waals surface area contributed by atoms with Gasteiger partial charge in [0.15, 0.2) is 0 Å². The van der Waals surface area contributed by atoms with Crippen LogP contribution in [0.3, 0.4) is 0 Å². The summed E-state index contributed by atoms with van der Waals surface area (Å²) >= 11 is 0. The van der Waals surface area contributed by atoms with Crippen molar-refractivity contribution in [2.45, 2.75) is 19.1 Å². The third-order valence-corrected chi connectivity index (χ3v) is 3.47. The second-order valence-electron chi connectivity index (χ2n) is 4.97. The van der Waals surface area contributed by atoms with E-state index in [1.165, 1.54) is 5.56 Å². The molecule has 1 aliphatic rings. The molecule has 19 heavy (non-hydrogen) atoms. The van der Waals surface area contributed by atoms with E-state index in [0.29, 0.717) is 13.0 Å². The molecule has 0 spiro atoms. The van der Waals surface area contributed by atoms with Crippen LogP contribution in [0.4, 0.5) is 4.79 Å². The number of benzene rings is 1. The number of ether oxygens (including phenoxy) is 1. The molecular weight excluding hydrogens is 244 g/mol. The smallest absolute Gasteiger partial charge is 0.404 e. The molecule has 1 fully saturated rings. The van der Waals surface area contributed by atoms with Crippen molar-refractivity contribution in [2.24, 2.45) is 11.7 Å². The molecule has 3 N–H and O–H groups in total.